The highest BCUT2D eigenvalue weighted by molar-refractivity contribution is 7.86. The van der Waals surface area contributed by atoms with E-state index in [0.29, 0.717) is 218 Å². The van der Waals surface area contributed by atoms with Crippen molar-refractivity contribution in [2.24, 2.45) is 0 Å². The third-order valence-corrected chi connectivity index (χ3v) is 16.5. The Morgan fingerprint density at radius 1 is 0.652 bits per heavy atom. The van der Waals surface area contributed by atoms with Crippen LogP contribution >= 0.6 is 0 Å². The second kappa shape index (κ2) is 41.7. The topological polar surface area (TPSA) is 304 Å². The molecule has 1 fully saturated rings. The molecule has 92 heavy (non-hydrogen) atoms. The highest BCUT2D eigenvalue weighted by Gasteiger charge is 2.44. The van der Waals surface area contributed by atoms with Crippen LogP contribution in [0, 0.1) is 0 Å². The number of anilines is 2. The number of allylic oxidation sites excluding steroid dienone is 3. The molecule has 3 aromatic rings. The summed E-state index contributed by atoms with van der Waals surface area (Å²) in [6.45, 7) is 19.3. The predicted octanol–water partition coefficient (Wildman–Crippen LogP) is 6.69. The molecular formula is C64H97N3O23S2. The summed E-state index contributed by atoms with van der Waals surface area (Å²) < 4.78 is 145. The molecule has 0 aliphatic carbocycles. The zero-order chi connectivity index (χ0) is 66.7. The van der Waals surface area contributed by atoms with Gasteiger partial charge in [0.05, 0.1) is 167 Å². The number of methoxy groups -OCH3 is 2. The van der Waals surface area contributed by atoms with Crippen LogP contribution in [0.5, 0.6) is 0 Å². The second-order valence-electron chi connectivity index (χ2n) is 22.9. The summed E-state index contributed by atoms with van der Waals surface area (Å²) in [5.41, 5.74) is 2.75. The van der Waals surface area contributed by atoms with Gasteiger partial charge in [-0.1, -0.05) is 33.3 Å². The summed E-state index contributed by atoms with van der Waals surface area (Å²) in [4.78, 5) is 45.4. The van der Waals surface area contributed by atoms with Crippen molar-refractivity contribution in [3.05, 3.63) is 77.2 Å². The number of carbonyl (C=O) groups is 3. The molecule has 0 saturated carbocycles. The number of hydrogen-bond donors (Lipinski definition) is 1. The molecule has 0 spiro atoms. The molecule has 1 atom stereocenters. The molecule has 0 bridgehead atoms. The Labute approximate surface area is 542 Å². The van der Waals surface area contributed by atoms with E-state index in [2.05, 4.69) is 25.7 Å². The fourth-order valence-electron chi connectivity index (χ4n) is 10.1. The molecule has 2 aromatic carbocycles. The quantitative estimate of drug-likeness (QED) is 0.0266. The van der Waals surface area contributed by atoms with Gasteiger partial charge in [0, 0.05) is 87.7 Å². The van der Waals surface area contributed by atoms with E-state index in [0.717, 1.165) is 16.6 Å². The summed E-state index contributed by atoms with van der Waals surface area (Å²) in [6.07, 6.45) is 6.79. The standard InChI is InChI=1S/C64H97N3O23S2/c1-63(2,3)55-49-52(12-10-13-59-64(4,21-11-47-91(71,72)73)56-50-53(92(74,75)76)16-18-57(56)66(59)22-9-7-8-14-62(70)90-67-60(68)19-20-61(67)69)89-58-48-51(15-17-54(55)58)65(23-25-79-31-33-83-39-41-87-45-43-85-37-35-81-29-27-77-5)24-26-80-32-34-84-40-42-88-46-44-86-38-36-82-30-28-78-6/h10,12-13,15-18,48-50H,7-9,11,14,19-47H2,1-6H3,(H-,71,72,73,74,75,76)/b12-10+,59-13+. The van der Waals surface area contributed by atoms with Crippen LogP contribution in [0.15, 0.2) is 69.6 Å². The van der Waals surface area contributed by atoms with Gasteiger partial charge in [0.1, 0.15) is 10.1 Å². The number of rotatable bonds is 51. The first kappa shape index (κ1) is 77.6. The Morgan fingerprint density at radius 3 is 1.61 bits per heavy atom. The van der Waals surface area contributed by atoms with Gasteiger partial charge in [0.25, 0.3) is 21.9 Å². The van der Waals surface area contributed by atoms with E-state index >= 15 is 0 Å². The normalized spacial score (nSPS) is 15.9. The van der Waals surface area contributed by atoms with Crippen LogP contribution < -0.4 is 9.80 Å². The maximum absolute atomic E-state index is 12.6. The van der Waals surface area contributed by atoms with Crippen molar-refractivity contribution in [2.75, 3.05) is 195 Å². The number of fused-ring (bicyclic) bond motifs is 2. The number of hydroxylamine groups is 2. The second-order valence-corrected chi connectivity index (χ2v) is 25.8. The van der Waals surface area contributed by atoms with E-state index in [9.17, 15) is 40.3 Å². The van der Waals surface area contributed by atoms with Gasteiger partial charge >= 0.3 is 17.3 Å². The molecule has 1 saturated heterocycles. The summed E-state index contributed by atoms with van der Waals surface area (Å²) in [5.74, 6) is -1.93. The number of hydrogen-bond acceptors (Lipinski definition) is 23. The molecule has 0 radical (unpaired) electrons. The maximum Gasteiger partial charge on any atom is 0.363 e. The zero-order valence-electron chi connectivity index (χ0n) is 54.4. The fraction of sp³-hybridized carbons (Fsp3) is 0.656. The maximum atomic E-state index is 12.6. The largest absolute Gasteiger partial charge is 0.744 e. The summed E-state index contributed by atoms with van der Waals surface area (Å²) >= 11 is 0. The summed E-state index contributed by atoms with van der Waals surface area (Å²) in [6, 6.07) is 12.2. The Kier molecular flexibility index (Phi) is 35.1. The first-order chi connectivity index (χ1) is 44.2. The SMILES string of the molecule is COCCOCCOCCOCCOCCOCCN(CCOCCOCCOCCOCCOCCOC)c1ccc2c(C(C)(C)C)cc(/C=C/C=C3/N(CCCCCC(=O)ON4C(=O)CCC4=O)c4ccc(S(=O)(=O)[O-])cc4C3(C)CCCS(=O)(=O)O)[o+]c2c1. The molecule has 3 heterocycles. The van der Waals surface area contributed by atoms with Crippen molar-refractivity contribution < 1.29 is 106 Å². The first-order valence-corrected chi connectivity index (χ1v) is 34.4. The minimum absolute atomic E-state index is 0.0135. The predicted molar refractivity (Wildman–Crippen MR) is 341 cm³/mol. The van der Waals surface area contributed by atoms with Crippen molar-refractivity contribution >= 4 is 66.4 Å². The first-order valence-electron chi connectivity index (χ1n) is 31.4. The van der Waals surface area contributed by atoms with Crippen LogP contribution in [0.25, 0.3) is 17.0 Å². The van der Waals surface area contributed by atoms with Gasteiger partial charge < -0.3 is 76.0 Å². The molecule has 2 amide bonds. The van der Waals surface area contributed by atoms with E-state index in [1.807, 2.05) is 48.2 Å². The van der Waals surface area contributed by atoms with E-state index in [1.54, 1.807) is 26.4 Å². The third-order valence-electron chi connectivity index (χ3n) is 14.8. The monoisotopic (exact) mass is 1340 g/mol. The van der Waals surface area contributed by atoms with Gasteiger partial charge in [0.15, 0.2) is 0 Å². The Bertz CT molecular complexity index is 2940. The number of benzene rings is 2. The number of unbranched alkanes of at least 4 members (excludes halogenated alkanes) is 2. The minimum atomic E-state index is -4.92. The lowest BCUT2D eigenvalue weighted by molar-refractivity contribution is -0.197. The van der Waals surface area contributed by atoms with Crippen LogP contribution in [0.1, 0.15) is 95.9 Å². The number of nitrogens with zero attached hydrogens (tertiary/aromatic N) is 3. The number of ether oxygens (including phenoxy) is 12. The Balaban J connectivity index is 1.31. The molecular weight excluding hydrogens is 1240 g/mol. The lowest BCUT2D eigenvalue weighted by atomic mass is 9.77. The molecule has 1 N–H and O–H groups in total. The van der Waals surface area contributed by atoms with Gasteiger partial charge in [-0.15, -0.1) is 5.06 Å². The van der Waals surface area contributed by atoms with E-state index in [-0.39, 0.29) is 37.5 Å². The fourth-order valence-corrected chi connectivity index (χ4v) is 11.1. The van der Waals surface area contributed by atoms with Crippen LogP contribution in [-0.2, 0) is 107 Å². The van der Waals surface area contributed by atoms with E-state index in [4.69, 9.17) is 66.1 Å². The number of carbonyl (C=O) groups excluding carboxylic acids is 3. The average Bonchev–Trinajstić information content (AvgIpc) is 1.56. The molecule has 2 aliphatic rings. The van der Waals surface area contributed by atoms with Crippen molar-refractivity contribution in [2.45, 2.75) is 94.8 Å². The van der Waals surface area contributed by atoms with Crippen LogP contribution in [-0.4, -0.2) is 234 Å². The van der Waals surface area contributed by atoms with E-state index < -0.39 is 54.1 Å². The average molecular weight is 1340 g/mol. The lowest BCUT2D eigenvalue weighted by Gasteiger charge is -2.30. The van der Waals surface area contributed by atoms with Gasteiger partial charge in [-0.2, -0.15) is 8.42 Å². The minimum Gasteiger partial charge on any atom is -0.744 e. The van der Waals surface area contributed by atoms with E-state index in [1.165, 1.54) is 12.1 Å². The molecule has 1 unspecified atom stereocenters. The number of imide groups is 1. The summed E-state index contributed by atoms with van der Waals surface area (Å²) in [7, 11) is -6.05. The Morgan fingerprint density at radius 2 is 1.14 bits per heavy atom. The highest BCUT2D eigenvalue weighted by atomic mass is 32.2. The van der Waals surface area contributed by atoms with Crippen LogP contribution in [0.2, 0.25) is 0 Å². The van der Waals surface area contributed by atoms with Crippen LogP contribution in [0.3, 0.4) is 0 Å². The van der Waals surface area contributed by atoms with Crippen molar-refractivity contribution in [3.8, 4) is 0 Å². The smallest absolute Gasteiger partial charge is 0.363 e. The summed E-state index contributed by atoms with van der Waals surface area (Å²) in [5, 5.41) is 1.41. The van der Waals surface area contributed by atoms with Gasteiger partial charge in [-0.3, -0.25) is 14.1 Å². The lowest BCUT2D eigenvalue weighted by Crippen LogP contribution is -2.32. The molecule has 1 aromatic heterocycles. The van der Waals surface area contributed by atoms with Gasteiger partial charge in [0.2, 0.25) is 0 Å². The molecule has 5 rings (SSSR count). The molecule has 28 heteroatoms. The zero-order valence-corrected chi connectivity index (χ0v) is 56.0. The number of amides is 2. The van der Waals surface area contributed by atoms with Gasteiger partial charge in [-0.25, -0.2) is 17.6 Å². The molecule has 26 nitrogen and oxygen atoms in total. The van der Waals surface area contributed by atoms with Crippen molar-refractivity contribution in [1.29, 1.82) is 0 Å². The van der Waals surface area contributed by atoms with Crippen molar-refractivity contribution in [3.63, 3.8) is 0 Å². The van der Waals surface area contributed by atoms with Crippen molar-refractivity contribution in [1.82, 2.24) is 5.06 Å². The third kappa shape index (κ3) is 28.1. The highest BCUT2D eigenvalue weighted by Crippen LogP contribution is 2.51. The van der Waals surface area contributed by atoms with Crippen LogP contribution in [0.4, 0.5) is 11.4 Å². The molecule has 2 aliphatic heterocycles. The molecule has 518 valence electrons. The Hall–Kier alpha value is -5.12. The van der Waals surface area contributed by atoms with Gasteiger partial charge in [-0.05, 0) is 85.6 Å².